The van der Waals surface area contributed by atoms with Crippen molar-refractivity contribution < 1.29 is 33.6 Å². The number of anilines is 1. The fourth-order valence-electron chi connectivity index (χ4n) is 6.01. The van der Waals surface area contributed by atoms with Gasteiger partial charge in [0.2, 0.25) is 0 Å². The number of carbonyl (C=O) groups is 2. The second-order valence-electron chi connectivity index (χ2n) is 11.4. The van der Waals surface area contributed by atoms with E-state index in [-0.39, 0.29) is 17.4 Å². The minimum atomic E-state index is -0.997. The number of methoxy groups -OCH3 is 1. The molecule has 2 aliphatic rings. The molecule has 1 aromatic heterocycles. The SMILES string of the molecule is CCOc1cc(C2C(=C(O)c3ccc4c(c3)CC(C)O4)C(=O)C(=O)N2c2nc3ccc(OC)cc3s2)ccc1OCc1ccccc1. The highest BCUT2D eigenvalue weighted by Gasteiger charge is 2.48. The van der Waals surface area contributed by atoms with Gasteiger partial charge >= 0.3 is 5.91 Å². The highest BCUT2D eigenvalue weighted by molar-refractivity contribution is 7.22. The number of amides is 1. The van der Waals surface area contributed by atoms with Crippen molar-refractivity contribution in [2.45, 2.75) is 39.0 Å². The average molecular weight is 649 g/mol. The molecule has 0 aliphatic carbocycles. The van der Waals surface area contributed by atoms with Crippen LogP contribution >= 0.6 is 11.3 Å². The molecule has 1 saturated heterocycles. The average Bonchev–Trinajstić information content (AvgIpc) is 3.75. The first kappa shape index (κ1) is 30.3. The number of rotatable bonds is 9. The predicted octanol–water partition coefficient (Wildman–Crippen LogP) is 7.23. The summed E-state index contributed by atoms with van der Waals surface area (Å²) in [4.78, 5) is 33.9. The van der Waals surface area contributed by atoms with Crippen molar-refractivity contribution in [3.05, 3.63) is 113 Å². The number of aliphatic hydroxyl groups is 1. The number of benzene rings is 4. The van der Waals surface area contributed by atoms with Crippen molar-refractivity contribution in [2.75, 3.05) is 18.6 Å². The Morgan fingerprint density at radius 3 is 2.62 bits per heavy atom. The number of thiazole rings is 1. The van der Waals surface area contributed by atoms with E-state index in [9.17, 15) is 14.7 Å². The standard InChI is InChI=1S/C37H32N2O7S/c1-4-44-30-18-23(10-15-29(30)45-20-22-8-6-5-7-9-22)33-32(34(40)24-11-14-28-25(17-24)16-21(2)46-28)35(41)36(42)39(33)37-38-27-13-12-26(43-3)19-31(27)47-37/h5-15,17-19,21,33,40H,4,16,20H2,1-3H3. The number of carbonyl (C=O) groups excluding carboxylic acids is 2. The topological polar surface area (TPSA) is 107 Å². The number of aromatic nitrogens is 1. The van der Waals surface area contributed by atoms with Gasteiger partial charge in [0.1, 0.15) is 30.0 Å². The van der Waals surface area contributed by atoms with Crippen LogP contribution in [-0.2, 0) is 22.6 Å². The van der Waals surface area contributed by atoms with Crippen LogP contribution in [0.2, 0.25) is 0 Å². The third-order valence-corrected chi connectivity index (χ3v) is 9.24. The lowest BCUT2D eigenvalue weighted by molar-refractivity contribution is -0.132. The number of hydrogen-bond acceptors (Lipinski definition) is 9. The summed E-state index contributed by atoms with van der Waals surface area (Å²) >= 11 is 1.26. The van der Waals surface area contributed by atoms with Crippen LogP contribution < -0.4 is 23.8 Å². The zero-order chi connectivity index (χ0) is 32.7. The van der Waals surface area contributed by atoms with Gasteiger partial charge in [-0.25, -0.2) is 4.98 Å². The van der Waals surface area contributed by atoms with Crippen molar-refractivity contribution >= 4 is 44.1 Å². The van der Waals surface area contributed by atoms with E-state index < -0.39 is 17.7 Å². The van der Waals surface area contributed by atoms with Crippen molar-refractivity contribution in [3.8, 4) is 23.0 Å². The number of Topliss-reactive ketones (excluding diaryl/α,β-unsaturated/α-hetero) is 1. The molecule has 2 atom stereocenters. The Hall–Kier alpha value is -5.35. The number of hydrogen-bond donors (Lipinski definition) is 1. The zero-order valence-electron chi connectivity index (χ0n) is 26.1. The minimum Gasteiger partial charge on any atom is -0.507 e. The quantitative estimate of drug-likeness (QED) is 0.101. The maximum absolute atomic E-state index is 13.9. The van der Waals surface area contributed by atoms with Crippen LogP contribution in [0.15, 0.2) is 90.5 Å². The first-order chi connectivity index (χ1) is 22.8. The largest absolute Gasteiger partial charge is 0.507 e. The molecule has 4 aromatic carbocycles. The smallest absolute Gasteiger partial charge is 0.301 e. The van der Waals surface area contributed by atoms with Gasteiger partial charge in [-0.05, 0) is 79.1 Å². The number of nitrogens with zero attached hydrogens (tertiary/aromatic N) is 2. The molecule has 0 saturated carbocycles. The Morgan fingerprint density at radius 2 is 1.83 bits per heavy atom. The molecule has 9 nitrogen and oxygen atoms in total. The molecule has 1 fully saturated rings. The summed E-state index contributed by atoms with van der Waals surface area (Å²) in [5, 5.41) is 12.1. The lowest BCUT2D eigenvalue weighted by atomic mass is 9.94. The lowest BCUT2D eigenvalue weighted by Crippen LogP contribution is -2.29. The molecule has 5 aromatic rings. The summed E-state index contributed by atoms with van der Waals surface area (Å²) in [5.74, 6) is 0.473. The van der Waals surface area contributed by atoms with E-state index in [1.165, 1.54) is 16.2 Å². The molecule has 0 spiro atoms. The second-order valence-corrected chi connectivity index (χ2v) is 12.4. The van der Waals surface area contributed by atoms with Gasteiger partial charge in [-0.3, -0.25) is 14.5 Å². The van der Waals surface area contributed by atoms with Crippen molar-refractivity contribution in [2.24, 2.45) is 0 Å². The zero-order valence-corrected chi connectivity index (χ0v) is 26.9. The van der Waals surface area contributed by atoms with Gasteiger partial charge in [0.15, 0.2) is 16.6 Å². The van der Waals surface area contributed by atoms with Gasteiger partial charge in [0, 0.05) is 12.0 Å². The van der Waals surface area contributed by atoms with Gasteiger partial charge in [-0.2, -0.15) is 0 Å². The molecule has 1 N–H and O–H groups in total. The molecule has 2 aliphatic heterocycles. The van der Waals surface area contributed by atoms with Gasteiger partial charge in [-0.1, -0.05) is 47.7 Å². The minimum absolute atomic E-state index is 0.00486. The number of fused-ring (bicyclic) bond motifs is 2. The van der Waals surface area contributed by atoms with Gasteiger partial charge in [-0.15, -0.1) is 0 Å². The van der Waals surface area contributed by atoms with Crippen molar-refractivity contribution in [1.29, 1.82) is 0 Å². The molecular weight excluding hydrogens is 616 g/mol. The Balaban J connectivity index is 1.36. The number of aliphatic hydroxyl groups excluding tert-OH is 1. The highest BCUT2D eigenvalue weighted by Crippen LogP contribution is 2.46. The van der Waals surface area contributed by atoms with Crippen molar-refractivity contribution in [3.63, 3.8) is 0 Å². The Labute approximate surface area is 275 Å². The molecule has 0 radical (unpaired) electrons. The van der Waals surface area contributed by atoms with Crippen LogP contribution in [0.5, 0.6) is 23.0 Å². The predicted molar refractivity (Wildman–Crippen MR) is 180 cm³/mol. The molecule has 3 heterocycles. The normalized spacial score (nSPS) is 18.3. The monoisotopic (exact) mass is 648 g/mol. The summed E-state index contributed by atoms with van der Waals surface area (Å²) in [6, 6.07) is 24.8. The third-order valence-electron chi connectivity index (χ3n) is 8.22. The summed E-state index contributed by atoms with van der Waals surface area (Å²) in [6.07, 6.45) is 0.677. The fourth-order valence-corrected chi connectivity index (χ4v) is 7.03. The Kier molecular flexibility index (Phi) is 8.03. The molecule has 7 rings (SSSR count). The van der Waals surface area contributed by atoms with Gasteiger partial charge < -0.3 is 24.1 Å². The maximum Gasteiger partial charge on any atom is 0.301 e. The molecule has 10 heteroatoms. The Bertz CT molecular complexity index is 2040. The van der Waals surface area contributed by atoms with Crippen LogP contribution in [0, 0.1) is 0 Å². The van der Waals surface area contributed by atoms with Crippen LogP contribution in [-0.4, -0.2) is 41.6 Å². The van der Waals surface area contributed by atoms with Gasteiger partial charge in [0.25, 0.3) is 5.78 Å². The first-order valence-electron chi connectivity index (χ1n) is 15.3. The van der Waals surface area contributed by atoms with E-state index in [0.717, 1.165) is 21.6 Å². The Morgan fingerprint density at radius 1 is 1.00 bits per heavy atom. The third kappa shape index (κ3) is 5.65. The summed E-state index contributed by atoms with van der Waals surface area (Å²) in [6.45, 7) is 4.53. The fraction of sp³-hybridized carbons (Fsp3) is 0.216. The lowest BCUT2D eigenvalue weighted by Gasteiger charge is -2.24. The first-order valence-corrected chi connectivity index (χ1v) is 16.1. The number of ether oxygens (including phenoxy) is 4. The van der Waals surface area contributed by atoms with Crippen LogP contribution in [0.3, 0.4) is 0 Å². The second kappa shape index (κ2) is 12.4. The molecule has 0 bridgehead atoms. The van der Waals surface area contributed by atoms with E-state index in [2.05, 4.69) is 0 Å². The summed E-state index contributed by atoms with van der Waals surface area (Å²) in [7, 11) is 1.58. The van der Waals surface area contributed by atoms with E-state index in [0.29, 0.717) is 58.7 Å². The van der Waals surface area contributed by atoms with Crippen LogP contribution in [0.1, 0.15) is 42.1 Å². The van der Waals surface area contributed by atoms with E-state index in [1.54, 1.807) is 49.6 Å². The van der Waals surface area contributed by atoms with E-state index in [1.807, 2.05) is 56.3 Å². The molecule has 1 amide bonds. The highest BCUT2D eigenvalue weighted by atomic mass is 32.1. The van der Waals surface area contributed by atoms with Crippen LogP contribution in [0.25, 0.3) is 16.0 Å². The summed E-state index contributed by atoms with van der Waals surface area (Å²) in [5.41, 5.74) is 3.50. The van der Waals surface area contributed by atoms with E-state index in [4.69, 9.17) is 23.9 Å². The molecular formula is C37H32N2O7S. The molecule has 238 valence electrons. The van der Waals surface area contributed by atoms with Crippen LogP contribution in [0.4, 0.5) is 5.13 Å². The van der Waals surface area contributed by atoms with Crippen molar-refractivity contribution in [1.82, 2.24) is 4.98 Å². The summed E-state index contributed by atoms with van der Waals surface area (Å²) < 4.78 is 24.2. The maximum atomic E-state index is 13.9. The van der Waals surface area contributed by atoms with E-state index >= 15 is 0 Å². The van der Waals surface area contributed by atoms with Gasteiger partial charge in [0.05, 0.1) is 35.5 Å². The molecule has 47 heavy (non-hydrogen) atoms. The number of ketones is 1. The molecule has 2 unspecified atom stereocenters.